The molecule has 2 N–H and O–H groups in total. The van der Waals surface area contributed by atoms with Crippen LogP contribution < -0.4 is 14.9 Å². The second-order valence-electron chi connectivity index (χ2n) is 9.10. The van der Waals surface area contributed by atoms with Gasteiger partial charge >= 0.3 is 0 Å². The molecule has 7 nitrogen and oxygen atoms in total. The van der Waals surface area contributed by atoms with Crippen LogP contribution in [-0.4, -0.2) is 32.3 Å². The van der Waals surface area contributed by atoms with Crippen LogP contribution in [0.2, 0.25) is 0 Å². The second kappa shape index (κ2) is 10.6. The van der Waals surface area contributed by atoms with Crippen molar-refractivity contribution in [3.63, 3.8) is 0 Å². The Labute approximate surface area is 214 Å². The van der Waals surface area contributed by atoms with Crippen LogP contribution in [0.4, 0.5) is 11.4 Å². The second-order valence-corrected chi connectivity index (χ2v) is 11.9. The van der Waals surface area contributed by atoms with Crippen LogP contribution in [0.5, 0.6) is 0 Å². The maximum absolute atomic E-state index is 13.5. The minimum atomic E-state index is -4.04. The number of anilines is 2. The van der Waals surface area contributed by atoms with Gasteiger partial charge in [-0.3, -0.25) is 13.9 Å². The number of benzene rings is 3. The van der Waals surface area contributed by atoms with Gasteiger partial charge in [0.05, 0.1) is 21.8 Å². The molecule has 0 bridgehead atoms. The fourth-order valence-electron chi connectivity index (χ4n) is 3.28. The minimum Gasteiger partial charge on any atom is -0.347 e. The Bertz CT molecular complexity index is 1320. The molecule has 0 unspecified atom stereocenters. The molecular weight excluding hydrogens is 530 g/mol. The van der Waals surface area contributed by atoms with E-state index >= 15 is 0 Å². The van der Waals surface area contributed by atoms with Gasteiger partial charge in [-0.1, -0.05) is 45.8 Å². The SMILES string of the molecule is Cc1ccc(S(=O)(=O)N(CC(=O)Nc2ccccc2C(=O)NC(C)(C)C)c2ccc(Br)cc2)cc1. The number of nitrogens with one attached hydrogen (secondary N) is 2. The minimum absolute atomic E-state index is 0.0729. The third-order valence-corrected chi connectivity index (χ3v) is 7.26. The smallest absolute Gasteiger partial charge is 0.264 e. The lowest BCUT2D eigenvalue weighted by Crippen LogP contribution is -2.41. The topological polar surface area (TPSA) is 95.6 Å². The molecule has 0 aliphatic heterocycles. The lowest BCUT2D eigenvalue weighted by atomic mass is 10.1. The van der Waals surface area contributed by atoms with Crippen molar-refractivity contribution >= 4 is 49.1 Å². The van der Waals surface area contributed by atoms with Gasteiger partial charge < -0.3 is 10.6 Å². The molecule has 3 aromatic carbocycles. The van der Waals surface area contributed by atoms with Crippen molar-refractivity contribution in [1.82, 2.24) is 5.32 Å². The van der Waals surface area contributed by atoms with E-state index in [9.17, 15) is 18.0 Å². The van der Waals surface area contributed by atoms with Crippen LogP contribution in [0.15, 0.2) is 82.2 Å². The van der Waals surface area contributed by atoms with Crippen LogP contribution in [-0.2, 0) is 14.8 Å². The Morgan fingerprint density at radius 3 is 2.11 bits per heavy atom. The van der Waals surface area contributed by atoms with E-state index in [1.54, 1.807) is 60.7 Å². The van der Waals surface area contributed by atoms with Gasteiger partial charge in [-0.25, -0.2) is 8.42 Å². The zero-order chi connectivity index (χ0) is 25.8. The summed E-state index contributed by atoms with van der Waals surface area (Å²) in [4.78, 5) is 25.9. The normalized spacial score (nSPS) is 11.6. The van der Waals surface area contributed by atoms with Crippen molar-refractivity contribution < 1.29 is 18.0 Å². The summed E-state index contributed by atoms with van der Waals surface area (Å²) in [7, 11) is -4.04. The average Bonchev–Trinajstić information content (AvgIpc) is 2.77. The highest BCUT2D eigenvalue weighted by atomic mass is 79.9. The van der Waals surface area contributed by atoms with Gasteiger partial charge in [0.2, 0.25) is 5.91 Å². The summed E-state index contributed by atoms with van der Waals surface area (Å²) < 4.78 is 28.9. The first-order valence-electron chi connectivity index (χ1n) is 10.9. The Morgan fingerprint density at radius 2 is 1.51 bits per heavy atom. The van der Waals surface area contributed by atoms with E-state index in [4.69, 9.17) is 0 Å². The third kappa shape index (κ3) is 6.93. The van der Waals surface area contributed by atoms with Gasteiger partial charge in [0.1, 0.15) is 6.54 Å². The molecule has 3 aromatic rings. The van der Waals surface area contributed by atoms with E-state index < -0.39 is 28.0 Å². The van der Waals surface area contributed by atoms with Gasteiger partial charge in [0, 0.05) is 10.0 Å². The molecule has 0 aromatic heterocycles. The van der Waals surface area contributed by atoms with E-state index in [2.05, 4.69) is 26.6 Å². The Hall–Kier alpha value is -3.17. The summed E-state index contributed by atoms with van der Waals surface area (Å²) in [5, 5.41) is 5.58. The number of halogens is 1. The predicted molar refractivity (Wildman–Crippen MR) is 142 cm³/mol. The Balaban J connectivity index is 1.92. The maximum atomic E-state index is 13.5. The highest BCUT2D eigenvalue weighted by Gasteiger charge is 2.28. The first-order valence-corrected chi connectivity index (χ1v) is 13.2. The molecule has 0 spiro atoms. The number of carbonyl (C=O) groups is 2. The zero-order valence-electron chi connectivity index (χ0n) is 20.0. The average molecular weight is 558 g/mol. The molecule has 0 fully saturated rings. The van der Waals surface area contributed by atoms with Crippen molar-refractivity contribution in [2.75, 3.05) is 16.2 Å². The Morgan fingerprint density at radius 1 is 0.914 bits per heavy atom. The number of aryl methyl sites for hydroxylation is 1. The van der Waals surface area contributed by atoms with Crippen molar-refractivity contribution in [3.8, 4) is 0 Å². The molecule has 0 aliphatic rings. The first kappa shape index (κ1) is 26.4. The quantitative estimate of drug-likeness (QED) is 0.421. The highest BCUT2D eigenvalue weighted by molar-refractivity contribution is 9.10. The Kier molecular flexibility index (Phi) is 8.02. The van der Waals surface area contributed by atoms with E-state index in [1.165, 1.54) is 12.1 Å². The molecule has 184 valence electrons. The molecular formula is C26H28BrN3O4S. The zero-order valence-corrected chi connectivity index (χ0v) is 22.4. The highest BCUT2D eigenvalue weighted by Crippen LogP contribution is 2.26. The summed E-state index contributed by atoms with van der Waals surface area (Å²) in [5.74, 6) is -0.926. The largest absolute Gasteiger partial charge is 0.347 e. The summed E-state index contributed by atoms with van der Waals surface area (Å²) in [5.41, 5.74) is 1.37. The van der Waals surface area contributed by atoms with E-state index in [-0.39, 0.29) is 16.4 Å². The monoisotopic (exact) mass is 557 g/mol. The molecule has 3 rings (SSSR count). The first-order chi connectivity index (χ1) is 16.4. The lowest BCUT2D eigenvalue weighted by molar-refractivity contribution is -0.114. The van der Waals surface area contributed by atoms with E-state index in [0.29, 0.717) is 11.4 Å². The number of amides is 2. The molecule has 0 radical (unpaired) electrons. The summed E-state index contributed by atoms with van der Waals surface area (Å²) >= 11 is 3.35. The molecule has 0 atom stereocenters. The molecule has 0 saturated heterocycles. The molecule has 35 heavy (non-hydrogen) atoms. The number of nitrogens with zero attached hydrogens (tertiary/aromatic N) is 1. The van der Waals surface area contributed by atoms with Crippen molar-refractivity contribution in [1.29, 1.82) is 0 Å². The van der Waals surface area contributed by atoms with E-state index in [0.717, 1.165) is 14.3 Å². The molecule has 0 saturated carbocycles. The fourth-order valence-corrected chi connectivity index (χ4v) is 4.96. The number of hydrogen-bond acceptors (Lipinski definition) is 4. The number of sulfonamides is 1. The van der Waals surface area contributed by atoms with Crippen molar-refractivity contribution in [2.24, 2.45) is 0 Å². The van der Waals surface area contributed by atoms with Gasteiger partial charge in [0.25, 0.3) is 15.9 Å². The third-order valence-electron chi connectivity index (χ3n) is 4.95. The predicted octanol–water partition coefficient (Wildman–Crippen LogP) is 5.12. The van der Waals surface area contributed by atoms with Crippen LogP contribution in [0.1, 0.15) is 36.7 Å². The van der Waals surface area contributed by atoms with E-state index in [1.807, 2.05) is 27.7 Å². The summed E-state index contributed by atoms with van der Waals surface area (Å²) in [6.07, 6.45) is 0. The van der Waals surface area contributed by atoms with Crippen LogP contribution in [0.25, 0.3) is 0 Å². The number of para-hydroxylation sites is 1. The lowest BCUT2D eigenvalue weighted by Gasteiger charge is -2.25. The number of hydrogen-bond donors (Lipinski definition) is 2. The van der Waals surface area contributed by atoms with Gasteiger partial charge in [-0.2, -0.15) is 0 Å². The molecule has 9 heteroatoms. The van der Waals surface area contributed by atoms with Crippen molar-refractivity contribution in [3.05, 3.63) is 88.4 Å². The standard InChI is InChI=1S/C26H28BrN3O4S/c1-18-9-15-21(16-10-18)35(33,34)30(20-13-11-19(27)12-14-20)17-24(31)28-23-8-6-5-7-22(23)25(32)29-26(2,3)4/h5-16H,17H2,1-4H3,(H,28,31)(H,29,32). The summed E-state index contributed by atoms with van der Waals surface area (Å²) in [6, 6.07) is 19.7. The van der Waals surface area contributed by atoms with Gasteiger partial charge in [0.15, 0.2) is 0 Å². The number of carbonyl (C=O) groups excluding carboxylic acids is 2. The number of rotatable bonds is 7. The van der Waals surface area contributed by atoms with Gasteiger partial charge in [-0.15, -0.1) is 0 Å². The molecule has 2 amide bonds. The molecule has 0 aliphatic carbocycles. The molecule has 0 heterocycles. The van der Waals surface area contributed by atoms with Crippen LogP contribution in [0.3, 0.4) is 0 Å². The summed E-state index contributed by atoms with van der Waals surface area (Å²) in [6.45, 7) is 6.96. The fraction of sp³-hybridized carbons (Fsp3) is 0.231. The maximum Gasteiger partial charge on any atom is 0.264 e. The van der Waals surface area contributed by atoms with Crippen molar-refractivity contribution in [2.45, 2.75) is 38.1 Å². The van der Waals surface area contributed by atoms with Crippen LogP contribution in [0, 0.1) is 6.92 Å². The van der Waals surface area contributed by atoms with Crippen LogP contribution >= 0.6 is 15.9 Å². The van der Waals surface area contributed by atoms with Gasteiger partial charge in [-0.05, 0) is 76.2 Å².